The van der Waals surface area contributed by atoms with Gasteiger partial charge in [-0.1, -0.05) is 35.4 Å². The quantitative estimate of drug-likeness (QED) is 0.374. The minimum atomic E-state index is 0.329. The van der Waals surface area contributed by atoms with E-state index in [4.69, 9.17) is 10.2 Å². The van der Waals surface area contributed by atoms with Crippen LogP contribution in [0, 0.1) is 13.8 Å². The van der Waals surface area contributed by atoms with E-state index < -0.39 is 0 Å². The Morgan fingerprint density at radius 3 is 1.05 bits per heavy atom. The van der Waals surface area contributed by atoms with Crippen LogP contribution in [0.5, 0.6) is 11.5 Å². The molecule has 0 amide bonds. The molecule has 0 saturated carbocycles. The number of phenols is 2. The summed E-state index contributed by atoms with van der Waals surface area (Å²) in [6, 6.07) is 14.2. The predicted octanol–water partition coefficient (Wildman–Crippen LogP) is 5.17. The van der Waals surface area contributed by atoms with Gasteiger partial charge in [-0.05, 0) is 38.1 Å². The topological polar surface area (TPSA) is 40.5 Å². The van der Waals surface area contributed by atoms with Crippen LogP contribution in [-0.2, 0) is 11.7 Å². The fourth-order valence-corrected chi connectivity index (χ4v) is 1.09. The van der Waals surface area contributed by atoms with Gasteiger partial charge in [-0.3, -0.25) is 0 Å². The van der Waals surface area contributed by atoms with Crippen LogP contribution in [-0.4, -0.2) is 10.2 Å². The summed E-state index contributed by atoms with van der Waals surface area (Å²) >= 11 is 5.24. The first-order chi connectivity index (χ1) is 8.99. The molecule has 0 heterocycles. The zero-order valence-corrected chi connectivity index (χ0v) is 16.6. The summed E-state index contributed by atoms with van der Waals surface area (Å²) in [5.41, 5.74) is 2.34. The van der Waals surface area contributed by atoms with Crippen LogP contribution in [0.25, 0.3) is 0 Å². The first-order valence-corrected chi connectivity index (χ1v) is 15.5. The third-order valence-electron chi connectivity index (χ3n) is 2.07. The molecule has 0 fully saturated rings. The van der Waals surface area contributed by atoms with Gasteiger partial charge < -0.3 is 10.2 Å². The maximum atomic E-state index is 8.76. The van der Waals surface area contributed by atoms with Gasteiger partial charge in [0.05, 0.1) is 0 Å². The van der Waals surface area contributed by atoms with Gasteiger partial charge in [-0.15, -0.1) is 0 Å². The van der Waals surface area contributed by atoms with Crippen molar-refractivity contribution >= 4 is 38.4 Å². The molecule has 0 bridgehead atoms. The molecule has 0 saturated heterocycles. The van der Waals surface area contributed by atoms with E-state index >= 15 is 0 Å². The summed E-state index contributed by atoms with van der Waals surface area (Å²) in [5, 5.41) is 17.5. The zero-order chi connectivity index (χ0) is 14.7. The van der Waals surface area contributed by atoms with Crippen LogP contribution >= 0.6 is 38.4 Å². The Morgan fingerprint density at radius 1 is 0.684 bits per heavy atom. The van der Waals surface area contributed by atoms with Gasteiger partial charge in [0.1, 0.15) is 11.5 Å². The molecular formula is C14H16I2O2Ti. The second-order valence-corrected chi connectivity index (χ2v) is 16.9. The molecule has 2 nitrogen and oxygen atoms in total. The van der Waals surface area contributed by atoms with E-state index in [1.165, 1.54) is 11.1 Å². The SMILES string of the molecule is Cc1ccc(O)cc1.Cc1ccc(O)cc1.[I][Ti][I]. The number of hydrogen-bond donors (Lipinski definition) is 2. The molecule has 0 aliphatic rings. The third-order valence-corrected chi connectivity index (χ3v) is 2.07. The van der Waals surface area contributed by atoms with Crippen molar-refractivity contribution in [3.8, 4) is 11.5 Å². The number of aryl methyl sites for hydroxylation is 2. The molecule has 0 aromatic heterocycles. The number of rotatable bonds is 0. The van der Waals surface area contributed by atoms with Crippen LogP contribution in [0.2, 0.25) is 0 Å². The molecule has 2 aromatic rings. The van der Waals surface area contributed by atoms with Gasteiger partial charge >= 0.3 is 50.0 Å². The van der Waals surface area contributed by atoms with Crippen LogP contribution in [0.3, 0.4) is 0 Å². The Morgan fingerprint density at radius 2 is 0.895 bits per heavy atom. The Labute approximate surface area is 143 Å². The van der Waals surface area contributed by atoms with Crippen molar-refractivity contribution in [3.05, 3.63) is 59.7 Å². The fourth-order valence-electron chi connectivity index (χ4n) is 1.09. The standard InChI is InChI=1S/2C7H8O.2HI.Ti/c2*1-6-2-4-7(8)5-3-6;;;/h2*2-5,8H,1H3;2*1H;/q;;;;+2/p-2. The van der Waals surface area contributed by atoms with E-state index in [1.54, 1.807) is 24.3 Å². The van der Waals surface area contributed by atoms with Crippen molar-refractivity contribution < 1.29 is 21.9 Å². The second kappa shape index (κ2) is 12.0. The Kier molecular flexibility index (Phi) is 12.1. The van der Waals surface area contributed by atoms with Gasteiger partial charge in [0.25, 0.3) is 0 Å². The normalized spacial score (nSPS) is 8.42. The monoisotopic (exact) mass is 518 g/mol. The number of hydrogen-bond acceptors (Lipinski definition) is 2. The van der Waals surface area contributed by atoms with Crippen molar-refractivity contribution in [3.63, 3.8) is 0 Å². The number of halogens is 2. The van der Waals surface area contributed by atoms with Crippen LogP contribution in [0.4, 0.5) is 0 Å². The fraction of sp³-hybridized carbons (Fsp3) is 0.143. The van der Waals surface area contributed by atoms with Gasteiger partial charge in [0, 0.05) is 0 Å². The van der Waals surface area contributed by atoms with Crippen LogP contribution in [0.15, 0.2) is 48.5 Å². The Hall–Kier alpha value is 0.214. The van der Waals surface area contributed by atoms with E-state index in [2.05, 4.69) is 38.4 Å². The number of phenolic OH excluding ortho intramolecular Hbond substituents is 2. The second-order valence-electron chi connectivity index (χ2n) is 3.74. The number of benzene rings is 2. The van der Waals surface area contributed by atoms with E-state index in [0.29, 0.717) is 23.2 Å². The first-order valence-electron chi connectivity index (χ1n) is 5.47. The van der Waals surface area contributed by atoms with Gasteiger partial charge in [0.15, 0.2) is 0 Å². The average molecular weight is 518 g/mol. The molecule has 0 aliphatic carbocycles. The molecule has 19 heavy (non-hydrogen) atoms. The van der Waals surface area contributed by atoms with Crippen LogP contribution < -0.4 is 0 Å². The number of aromatic hydroxyl groups is 2. The molecule has 2 aromatic carbocycles. The third kappa shape index (κ3) is 11.7. The predicted molar refractivity (Wildman–Crippen MR) is 93.7 cm³/mol. The van der Waals surface area contributed by atoms with Crippen molar-refractivity contribution in [2.24, 2.45) is 0 Å². The average Bonchev–Trinajstić information content (AvgIpc) is 2.38. The van der Waals surface area contributed by atoms with Crippen molar-refractivity contribution in [1.82, 2.24) is 0 Å². The van der Waals surface area contributed by atoms with Crippen molar-refractivity contribution in [2.45, 2.75) is 13.8 Å². The minimum absolute atomic E-state index is 0.329. The molecule has 2 N–H and O–H groups in total. The summed E-state index contributed by atoms with van der Waals surface area (Å²) in [4.78, 5) is 0. The van der Waals surface area contributed by atoms with Crippen molar-refractivity contribution in [1.29, 1.82) is 0 Å². The van der Waals surface area contributed by atoms with E-state index in [-0.39, 0.29) is 0 Å². The molecule has 0 atom stereocenters. The molecule has 0 radical (unpaired) electrons. The molecular weight excluding hydrogens is 502 g/mol. The van der Waals surface area contributed by atoms with Gasteiger partial charge in [0.2, 0.25) is 0 Å². The molecule has 0 aliphatic heterocycles. The zero-order valence-electron chi connectivity index (χ0n) is 10.8. The van der Waals surface area contributed by atoms with E-state index in [1.807, 2.05) is 38.1 Å². The van der Waals surface area contributed by atoms with E-state index in [9.17, 15) is 0 Å². The summed E-state index contributed by atoms with van der Waals surface area (Å²) in [6.45, 7) is 3.97. The first kappa shape index (κ1) is 19.2. The molecule has 0 spiro atoms. The Bertz CT molecular complexity index is 359. The van der Waals surface area contributed by atoms with Crippen molar-refractivity contribution in [2.75, 3.05) is 0 Å². The van der Waals surface area contributed by atoms with Crippen LogP contribution in [0.1, 0.15) is 11.1 Å². The van der Waals surface area contributed by atoms with E-state index in [0.717, 1.165) is 0 Å². The maximum absolute atomic E-state index is 8.76. The Balaban J connectivity index is 0.000000284. The molecule has 102 valence electrons. The molecule has 2 rings (SSSR count). The van der Waals surface area contributed by atoms with Gasteiger partial charge in [-0.2, -0.15) is 0 Å². The molecule has 0 unspecified atom stereocenters. The molecule has 5 heteroatoms. The summed E-state index contributed by atoms with van der Waals surface area (Å²) in [7, 11) is 0. The van der Waals surface area contributed by atoms with Gasteiger partial charge in [-0.25, -0.2) is 0 Å². The summed E-state index contributed by atoms with van der Waals surface area (Å²) < 4.78 is 0. The summed E-state index contributed by atoms with van der Waals surface area (Å²) in [5.74, 6) is 0.659. The summed E-state index contributed by atoms with van der Waals surface area (Å²) in [6.07, 6.45) is 0.